The molecule has 65 heavy (non-hydrogen) atoms. The Labute approximate surface area is 381 Å². The molecule has 3 N–H and O–H groups in total. The van der Waals surface area contributed by atoms with E-state index in [1.165, 1.54) is 49.4 Å². The van der Waals surface area contributed by atoms with E-state index in [9.17, 15) is 41.0 Å². The van der Waals surface area contributed by atoms with Crippen LogP contribution in [-0.2, 0) is 17.1 Å². The number of hydrogen-bond donors (Lipinski definition) is 3. The molecule has 7 heterocycles. The first-order chi connectivity index (χ1) is 30.1. The molecule has 15 nitrogen and oxygen atoms in total. The Hall–Kier alpha value is -5.61. The van der Waals surface area contributed by atoms with E-state index in [4.69, 9.17) is 9.16 Å². The molecule has 0 spiro atoms. The van der Waals surface area contributed by atoms with E-state index in [1.54, 1.807) is 44.0 Å². The number of rotatable bonds is 6. The predicted molar refractivity (Wildman–Crippen MR) is 239 cm³/mol. The maximum atomic E-state index is 12.9. The summed E-state index contributed by atoms with van der Waals surface area (Å²) in [6, 6.07) is 13.3. The van der Waals surface area contributed by atoms with Crippen LogP contribution in [0.5, 0.6) is 11.5 Å². The molecule has 3 aliphatic rings. The number of alkyl halides is 6. The molecule has 0 radical (unpaired) electrons. The number of carbonyl (C=O) groups excluding carboxylic acids is 2. The number of anilines is 4. The summed E-state index contributed by atoms with van der Waals surface area (Å²) in [4.78, 5) is 46.9. The van der Waals surface area contributed by atoms with Crippen molar-refractivity contribution in [1.82, 2.24) is 29.7 Å². The highest BCUT2D eigenvalue weighted by Crippen LogP contribution is 2.37. The molecule has 356 valence electrons. The fourth-order valence-corrected chi connectivity index (χ4v) is 7.12. The van der Waals surface area contributed by atoms with Crippen molar-refractivity contribution in [2.45, 2.75) is 64.1 Å². The van der Waals surface area contributed by atoms with E-state index in [-0.39, 0.29) is 46.9 Å². The van der Waals surface area contributed by atoms with Crippen LogP contribution in [0.4, 0.5) is 59.2 Å². The summed E-state index contributed by atoms with van der Waals surface area (Å²) < 4.78 is 88.2. The number of aromatic nitrogens is 4. The van der Waals surface area contributed by atoms with Gasteiger partial charge in [0.05, 0.1) is 12.4 Å². The Morgan fingerprint density at radius 1 is 0.662 bits per heavy atom. The summed E-state index contributed by atoms with van der Waals surface area (Å²) in [5.41, 5.74) is -1.86. The van der Waals surface area contributed by atoms with Crippen molar-refractivity contribution >= 4 is 56.1 Å². The van der Waals surface area contributed by atoms with Crippen molar-refractivity contribution in [3.63, 3.8) is 0 Å². The summed E-state index contributed by atoms with van der Waals surface area (Å²) >= 11 is 0. The minimum atomic E-state index is -4.49. The van der Waals surface area contributed by atoms with Crippen LogP contribution in [-0.4, -0.2) is 121 Å². The van der Waals surface area contributed by atoms with Crippen molar-refractivity contribution < 1.29 is 50.2 Å². The van der Waals surface area contributed by atoms with Crippen LogP contribution in [0.25, 0.3) is 0 Å². The molecule has 23 heteroatoms. The van der Waals surface area contributed by atoms with Crippen LogP contribution in [0.1, 0.15) is 45.0 Å². The number of nitrogens with zero attached hydrogens (tertiary/aromatic N) is 8. The van der Waals surface area contributed by atoms with E-state index in [2.05, 4.69) is 64.4 Å². The minimum Gasteiger partial charge on any atom is -0.542 e. The van der Waals surface area contributed by atoms with Gasteiger partial charge in [0.25, 0.3) is 8.32 Å². The maximum Gasteiger partial charge on any atom is 0.433 e. The molecular formula is C42H55ClF6N10O5Si. The van der Waals surface area contributed by atoms with Gasteiger partial charge in [0.1, 0.15) is 46.2 Å². The predicted octanol–water partition coefficient (Wildman–Crippen LogP) is 9.01. The first kappa shape index (κ1) is 52.0. The molecular weight excluding hydrogens is 902 g/mol. The molecule has 4 aromatic rings. The van der Waals surface area contributed by atoms with Gasteiger partial charge in [0.15, 0.2) is 0 Å². The average molecular weight is 957 g/mol. The zero-order chi connectivity index (χ0) is 46.7. The Kier molecular flexibility index (Phi) is 18.0. The molecule has 0 aliphatic carbocycles. The zero-order valence-electron chi connectivity index (χ0n) is 36.7. The van der Waals surface area contributed by atoms with Gasteiger partial charge in [0.2, 0.25) is 0 Å². The summed E-state index contributed by atoms with van der Waals surface area (Å²) in [6.07, 6.45) is -3.61. The lowest BCUT2D eigenvalue weighted by Gasteiger charge is -2.36. The highest BCUT2D eigenvalue weighted by molar-refractivity contribution is 6.74. The standard InChI is InChI=1S/C22H30F3N5O2Si.C16H16F3N5O2.C4H8O.ClH/c1-21(2,3)33(4,5)32-16-9-10-18(26-15-16)28-20(31)30-13-11-29(12-14-30)19-8-6-7-17(27-19)22(23,24)25;17-16(18,19)12-2-1-3-14(21-12)23-6-8-24(9-7-23)15(26)22-13-5-4-11(25)10-20-13;1-2-4-5-3-1;/h6-10,15H,11-14H2,1-5H3,(H,26,28,31);1-5,10,25H,6-9H2,(H,20,22,26);1-4H2;1H. The fraction of sp³-hybridized carbons (Fsp3) is 0.476. The smallest absolute Gasteiger partial charge is 0.433 e. The topological polar surface area (TPSA) is 161 Å². The van der Waals surface area contributed by atoms with E-state index in [0.717, 1.165) is 25.3 Å². The first-order valence-corrected chi connectivity index (χ1v) is 23.6. The third kappa shape index (κ3) is 15.5. The SMILES string of the molecule is C1CCOC1.CC(C)(C)[Si](C)(C)Oc1ccc(NC(=O)N2CCN(c3cccc(C(F)(F)F)n3)CC2)nc1.Cl.O=C(Nc1ccc(O)cn1)N1CCN(c2cccc(C(F)(F)F)n2)CC1. The maximum absolute atomic E-state index is 12.9. The van der Waals surface area contributed by atoms with Gasteiger partial charge in [-0.2, -0.15) is 26.3 Å². The van der Waals surface area contributed by atoms with Crippen LogP contribution >= 0.6 is 12.4 Å². The lowest BCUT2D eigenvalue weighted by atomic mass is 10.2. The van der Waals surface area contributed by atoms with Crippen LogP contribution in [0.2, 0.25) is 18.1 Å². The first-order valence-electron chi connectivity index (χ1n) is 20.7. The number of carbonyl (C=O) groups is 2. The highest BCUT2D eigenvalue weighted by atomic mass is 35.5. The quantitative estimate of drug-likeness (QED) is 0.125. The number of amides is 4. The second kappa shape index (κ2) is 22.5. The average Bonchev–Trinajstić information content (AvgIpc) is 3.86. The Morgan fingerprint density at radius 3 is 1.43 bits per heavy atom. The van der Waals surface area contributed by atoms with Gasteiger partial charge in [-0.1, -0.05) is 32.9 Å². The number of hydrogen-bond acceptors (Lipinski definition) is 11. The molecule has 0 saturated carbocycles. The second-order valence-electron chi connectivity index (χ2n) is 16.5. The van der Waals surface area contributed by atoms with Crippen molar-refractivity contribution in [1.29, 1.82) is 0 Å². The Bertz CT molecular complexity index is 2120. The molecule has 0 unspecified atom stereocenters. The normalized spacial score (nSPS) is 15.7. The van der Waals surface area contributed by atoms with Gasteiger partial charge >= 0.3 is 24.4 Å². The fourth-order valence-electron chi connectivity index (χ4n) is 6.10. The van der Waals surface area contributed by atoms with E-state index in [0.29, 0.717) is 69.7 Å². The van der Waals surface area contributed by atoms with E-state index in [1.807, 2.05) is 0 Å². The molecule has 7 rings (SSSR count). The van der Waals surface area contributed by atoms with Crippen LogP contribution < -0.4 is 24.9 Å². The number of halogens is 7. The third-order valence-electron chi connectivity index (χ3n) is 10.8. The van der Waals surface area contributed by atoms with Gasteiger partial charge in [-0.3, -0.25) is 10.6 Å². The molecule has 3 saturated heterocycles. The monoisotopic (exact) mass is 956 g/mol. The Balaban J connectivity index is 0.000000258. The molecule has 0 atom stereocenters. The zero-order valence-corrected chi connectivity index (χ0v) is 38.6. The number of piperazine rings is 2. The summed E-state index contributed by atoms with van der Waals surface area (Å²) in [7, 11) is -1.98. The second-order valence-corrected chi connectivity index (χ2v) is 21.3. The molecule has 0 bridgehead atoms. The lowest BCUT2D eigenvalue weighted by Crippen LogP contribution is -2.50. The lowest BCUT2D eigenvalue weighted by molar-refractivity contribution is -0.141. The van der Waals surface area contributed by atoms with E-state index < -0.39 is 32.1 Å². The summed E-state index contributed by atoms with van der Waals surface area (Å²) in [6.45, 7) is 15.7. The molecule has 0 aromatic carbocycles. The van der Waals surface area contributed by atoms with Gasteiger partial charge in [-0.15, -0.1) is 12.4 Å². The van der Waals surface area contributed by atoms with Crippen LogP contribution in [0.3, 0.4) is 0 Å². The number of nitrogens with one attached hydrogen (secondary N) is 2. The molecule has 3 fully saturated rings. The number of urea groups is 2. The van der Waals surface area contributed by atoms with Crippen LogP contribution in [0, 0.1) is 0 Å². The number of aromatic hydroxyl groups is 1. The summed E-state index contributed by atoms with van der Waals surface area (Å²) in [5.74, 6) is 1.86. The van der Waals surface area contributed by atoms with E-state index >= 15 is 0 Å². The number of pyridine rings is 4. The number of ether oxygens (including phenoxy) is 1. The molecule has 4 amide bonds. The third-order valence-corrected chi connectivity index (χ3v) is 15.2. The van der Waals surface area contributed by atoms with Crippen molar-refractivity contribution in [3.8, 4) is 11.5 Å². The van der Waals surface area contributed by atoms with Gasteiger partial charge in [-0.05, 0) is 79.5 Å². The highest BCUT2D eigenvalue weighted by Gasteiger charge is 2.39. The van der Waals surface area contributed by atoms with Crippen molar-refractivity contribution in [2.24, 2.45) is 0 Å². The van der Waals surface area contributed by atoms with Gasteiger partial charge in [-0.25, -0.2) is 29.5 Å². The minimum absolute atomic E-state index is 0. The van der Waals surface area contributed by atoms with Crippen molar-refractivity contribution in [3.05, 3.63) is 84.4 Å². The van der Waals surface area contributed by atoms with Gasteiger partial charge in [0, 0.05) is 65.6 Å². The largest absolute Gasteiger partial charge is 0.542 e. The summed E-state index contributed by atoms with van der Waals surface area (Å²) in [5, 5.41) is 14.6. The van der Waals surface area contributed by atoms with Crippen LogP contribution in [0.15, 0.2) is 73.1 Å². The van der Waals surface area contributed by atoms with Gasteiger partial charge < -0.3 is 33.9 Å². The van der Waals surface area contributed by atoms with Crippen molar-refractivity contribution in [2.75, 3.05) is 86.0 Å². The molecule has 3 aliphatic heterocycles. The molecule has 4 aromatic heterocycles. The Morgan fingerprint density at radius 2 is 1.09 bits per heavy atom.